The zero-order valence-electron chi connectivity index (χ0n) is 11.6. The van der Waals surface area contributed by atoms with E-state index >= 15 is 0 Å². The average molecular weight is 283 g/mol. The summed E-state index contributed by atoms with van der Waals surface area (Å²) in [7, 11) is 4.39. The topological polar surface area (TPSA) is 75.6 Å². The summed E-state index contributed by atoms with van der Waals surface area (Å²) in [6.45, 7) is 0.0420. The molecule has 1 aromatic carbocycles. The van der Waals surface area contributed by atoms with Gasteiger partial charge in [0.2, 0.25) is 0 Å². The first-order valence-corrected chi connectivity index (χ1v) is 5.70. The number of aldehydes is 1. The highest BCUT2D eigenvalue weighted by Gasteiger charge is 2.15. The highest BCUT2D eigenvalue weighted by Crippen LogP contribution is 2.30. The molecule has 0 spiro atoms. The largest absolute Gasteiger partial charge is 0.467 e. The third-order valence-electron chi connectivity index (χ3n) is 2.25. The predicted molar refractivity (Wildman–Crippen MR) is 71.4 cm³/mol. The van der Waals surface area contributed by atoms with E-state index in [1.54, 1.807) is 12.1 Å². The van der Waals surface area contributed by atoms with Crippen LogP contribution in [-0.4, -0.2) is 47.4 Å². The Labute approximate surface area is 117 Å². The van der Waals surface area contributed by atoms with Gasteiger partial charge in [0.15, 0.2) is 19.9 Å². The van der Waals surface area contributed by atoms with Crippen molar-refractivity contribution in [2.45, 2.75) is 0 Å². The molecule has 0 aromatic heterocycles. The van der Waals surface area contributed by atoms with Crippen LogP contribution in [0.25, 0.3) is 0 Å². The maximum Gasteiger partial charge on any atom is 0.188 e. The maximum atomic E-state index is 11.1. The molecule has 7 nitrogen and oxygen atoms in total. The molecule has 0 aliphatic carbocycles. The summed E-state index contributed by atoms with van der Waals surface area (Å²) in [6.07, 6.45) is 2.07. The molecule has 0 saturated carbocycles. The van der Waals surface area contributed by atoms with E-state index in [9.17, 15) is 4.79 Å². The van der Waals surface area contributed by atoms with Gasteiger partial charge >= 0.3 is 0 Å². The van der Waals surface area contributed by atoms with E-state index in [1.165, 1.54) is 27.5 Å². The Kier molecular flexibility index (Phi) is 7.08. The molecule has 110 valence electrons. The van der Waals surface area contributed by atoms with Crippen LogP contribution < -0.4 is 9.47 Å². The molecule has 0 bridgehead atoms. The third-order valence-corrected chi connectivity index (χ3v) is 2.25. The van der Waals surface area contributed by atoms with Gasteiger partial charge in [-0.15, -0.1) is 0 Å². The summed E-state index contributed by atoms with van der Waals surface area (Å²) in [5.41, 5.74) is 0.815. The number of carbonyl (C=O) groups excluding carboxylic acids is 1. The highest BCUT2D eigenvalue weighted by molar-refractivity contribution is 5.93. The molecule has 0 unspecified atom stereocenters. The van der Waals surface area contributed by atoms with E-state index in [0.717, 1.165) is 0 Å². The lowest BCUT2D eigenvalue weighted by Crippen LogP contribution is -2.08. The second-order valence-corrected chi connectivity index (χ2v) is 3.53. The minimum Gasteiger partial charge on any atom is -0.467 e. The number of oxime groups is 1. The first-order valence-electron chi connectivity index (χ1n) is 5.70. The van der Waals surface area contributed by atoms with Gasteiger partial charge in [-0.2, -0.15) is 0 Å². The first-order chi connectivity index (χ1) is 9.78. The molecule has 0 amide bonds. The highest BCUT2D eigenvalue weighted by atomic mass is 16.7. The number of ether oxygens (including phenoxy) is 4. The summed E-state index contributed by atoms with van der Waals surface area (Å²) < 4.78 is 20.5. The zero-order valence-corrected chi connectivity index (χ0v) is 11.6. The van der Waals surface area contributed by atoms with Gasteiger partial charge in [-0.05, 0) is 12.1 Å². The number of nitrogens with zero attached hydrogens (tertiary/aromatic N) is 1. The molecule has 0 fully saturated rings. The summed E-state index contributed by atoms with van der Waals surface area (Å²) >= 11 is 0. The number of benzene rings is 1. The summed E-state index contributed by atoms with van der Waals surface area (Å²) in [6, 6.07) is 3.20. The number of methoxy groups -OCH3 is 2. The van der Waals surface area contributed by atoms with Crippen molar-refractivity contribution in [2.24, 2.45) is 5.16 Å². The van der Waals surface area contributed by atoms with Crippen LogP contribution in [0.4, 0.5) is 0 Å². The zero-order chi connectivity index (χ0) is 14.8. The predicted octanol–water partition coefficient (Wildman–Crippen LogP) is 1.44. The van der Waals surface area contributed by atoms with Crippen molar-refractivity contribution in [1.29, 1.82) is 0 Å². The minimum atomic E-state index is -0.0115. The fourth-order valence-electron chi connectivity index (χ4n) is 1.45. The quantitative estimate of drug-likeness (QED) is 0.295. The molecule has 0 aliphatic heterocycles. The Morgan fingerprint density at radius 3 is 2.40 bits per heavy atom. The van der Waals surface area contributed by atoms with Crippen LogP contribution in [0.15, 0.2) is 17.3 Å². The summed E-state index contributed by atoms with van der Waals surface area (Å²) in [4.78, 5) is 15.7. The molecule has 0 heterocycles. The SMILES string of the molecule is COCOc1ccc(C=O)c(OCOC)c1/C=N/OC. The van der Waals surface area contributed by atoms with E-state index in [2.05, 4.69) is 9.99 Å². The molecule has 0 saturated heterocycles. The second kappa shape index (κ2) is 8.89. The Morgan fingerprint density at radius 2 is 1.80 bits per heavy atom. The summed E-state index contributed by atoms with van der Waals surface area (Å²) in [5, 5.41) is 3.67. The molecular weight excluding hydrogens is 266 g/mol. The van der Waals surface area contributed by atoms with Crippen molar-refractivity contribution in [3.8, 4) is 11.5 Å². The Hall–Kier alpha value is -2.12. The second-order valence-electron chi connectivity index (χ2n) is 3.53. The number of carbonyl (C=O) groups is 1. The van der Waals surface area contributed by atoms with Crippen molar-refractivity contribution in [3.63, 3.8) is 0 Å². The van der Waals surface area contributed by atoms with E-state index in [0.29, 0.717) is 28.9 Å². The monoisotopic (exact) mass is 283 g/mol. The van der Waals surface area contributed by atoms with Crippen molar-refractivity contribution >= 4 is 12.5 Å². The molecule has 1 aromatic rings. The molecule has 7 heteroatoms. The van der Waals surface area contributed by atoms with Crippen LogP contribution >= 0.6 is 0 Å². The van der Waals surface area contributed by atoms with Crippen molar-refractivity contribution in [3.05, 3.63) is 23.3 Å². The minimum absolute atomic E-state index is 0.0115. The standard InChI is InChI=1S/C13H17NO6/c1-16-8-19-12-5-4-10(7-15)13(20-9-17-2)11(12)6-14-18-3/h4-7H,8-9H2,1-3H3/b14-6+. The fourth-order valence-corrected chi connectivity index (χ4v) is 1.45. The van der Waals surface area contributed by atoms with Crippen molar-refractivity contribution < 1.29 is 28.6 Å². The van der Waals surface area contributed by atoms with Crippen molar-refractivity contribution in [2.75, 3.05) is 34.9 Å². The lowest BCUT2D eigenvalue weighted by atomic mass is 10.1. The molecule has 1 rings (SSSR count). The van der Waals surface area contributed by atoms with Gasteiger partial charge in [0.1, 0.15) is 18.6 Å². The Bertz CT molecular complexity index is 460. The van der Waals surface area contributed by atoms with Crippen molar-refractivity contribution in [1.82, 2.24) is 0 Å². The maximum absolute atomic E-state index is 11.1. The molecule has 0 atom stereocenters. The van der Waals surface area contributed by atoms with Gasteiger partial charge < -0.3 is 23.8 Å². The van der Waals surface area contributed by atoms with Crippen LogP contribution in [0.2, 0.25) is 0 Å². The third kappa shape index (κ3) is 4.22. The van der Waals surface area contributed by atoms with Crippen LogP contribution in [0.1, 0.15) is 15.9 Å². The van der Waals surface area contributed by atoms with Crippen LogP contribution in [0, 0.1) is 0 Å². The lowest BCUT2D eigenvalue weighted by molar-refractivity contribution is 0.0455. The van der Waals surface area contributed by atoms with Crippen LogP contribution in [0.3, 0.4) is 0 Å². The van der Waals surface area contributed by atoms with E-state index in [1.807, 2.05) is 0 Å². The summed E-state index contributed by atoms with van der Waals surface area (Å²) in [5.74, 6) is 0.751. The Morgan fingerprint density at radius 1 is 1.10 bits per heavy atom. The normalized spacial score (nSPS) is 10.6. The number of rotatable bonds is 9. The molecule has 20 heavy (non-hydrogen) atoms. The fraction of sp³-hybridized carbons (Fsp3) is 0.385. The first kappa shape index (κ1) is 15.9. The number of hydrogen-bond acceptors (Lipinski definition) is 7. The average Bonchev–Trinajstić information content (AvgIpc) is 2.48. The van der Waals surface area contributed by atoms with Crippen LogP contribution in [-0.2, 0) is 14.3 Å². The van der Waals surface area contributed by atoms with Gasteiger partial charge in [-0.3, -0.25) is 4.79 Å². The molecule has 0 radical (unpaired) electrons. The van der Waals surface area contributed by atoms with Gasteiger partial charge in [0.25, 0.3) is 0 Å². The van der Waals surface area contributed by atoms with Gasteiger partial charge in [-0.1, -0.05) is 5.16 Å². The van der Waals surface area contributed by atoms with E-state index in [4.69, 9.17) is 18.9 Å². The van der Waals surface area contributed by atoms with Crippen LogP contribution in [0.5, 0.6) is 11.5 Å². The molecule has 0 N–H and O–H groups in total. The number of hydrogen-bond donors (Lipinski definition) is 0. The van der Waals surface area contributed by atoms with Gasteiger partial charge in [0, 0.05) is 14.2 Å². The smallest absolute Gasteiger partial charge is 0.188 e. The molecular formula is C13H17NO6. The van der Waals surface area contributed by atoms with E-state index in [-0.39, 0.29) is 13.6 Å². The van der Waals surface area contributed by atoms with Gasteiger partial charge in [-0.25, -0.2) is 0 Å². The molecule has 0 aliphatic rings. The van der Waals surface area contributed by atoms with Gasteiger partial charge in [0.05, 0.1) is 17.3 Å². The lowest BCUT2D eigenvalue weighted by Gasteiger charge is -2.14. The van der Waals surface area contributed by atoms with E-state index < -0.39 is 0 Å². The Balaban J connectivity index is 3.23.